The molecular weight excluding hydrogens is 278 g/mol. The molecule has 1 aliphatic heterocycles. The lowest BCUT2D eigenvalue weighted by atomic mass is 10.1. The van der Waals surface area contributed by atoms with Gasteiger partial charge in [0.1, 0.15) is 17.2 Å². The summed E-state index contributed by atoms with van der Waals surface area (Å²) in [5.41, 5.74) is 4.93. The molecular formula is C12H15ClF2N2O2. The Morgan fingerprint density at radius 3 is 2.63 bits per heavy atom. The average molecular weight is 293 g/mol. The number of nitrogens with zero attached hydrogens (tertiary/aromatic N) is 1. The average Bonchev–Trinajstić information content (AvgIpc) is 2.38. The quantitative estimate of drug-likeness (QED) is 0.891. The van der Waals surface area contributed by atoms with Gasteiger partial charge in [-0.15, -0.1) is 12.4 Å². The van der Waals surface area contributed by atoms with Crippen molar-refractivity contribution >= 4 is 18.3 Å². The van der Waals surface area contributed by atoms with Crippen molar-refractivity contribution in [2.24, 2.45) is 5.73 Å². The molecule has 2 N–H and O–H groups in total. The van der Waals surface area contributed by atoms with Crippen LogP contribution in [0.1, 0.15) is 10.4 Å². The molecule has 7 heteroatoms. The van der Waals surface area contributed by atoms with Crippen molar-refractivity contribution in [3.63, 3.8) is 0 Å². The molecule has 1 heterocycles. The van der Waals surface area contributed by atoms with Crippen LogP contribution in [0.2, 0.25) is 0 Å². The van der Waals surface area contributed by atoms with Crippen molar-refractivity contribution in [2.75, 3.05) is 26.2 Å². The van der Waals surface area contributed by atoms with Gasteiger partial charge in [0.2, 0.25) is 0 Å². The number of hydrogen-bond acceptors (Lipinski definition) is 3. The summed E-state index contributed by atoms with van der Waals surface area (Å²) in [6.07, 6.45) is -0.280. The van der Waals surface area contributed by atoms with E-state index < -0.39 is 23.1 Å². The molecule has 1 amide bonds. The maximum absolute atomic E-state index is 13.5. The second-order valence-corrected chi connectivity index (χ2v) is 4.08. The summed E-state index contributed by atoms with van der Waals surface area (Å²) in [6, 6.07) is 3.36. The Morgan fingerprint density at radius 1 is 1.42 bits per heavy atom. The third-order valence-electron chi connectivity index (χ3n) is 2.87. The van der Waals surface area contributed by atoms with Gasteiger partial charge in [0, 0.05) is 19.6 Å². The molecule has 1 atom stereocenters. The van der Waals surface area contributed by atoms with E-state index in [0.29, 0.717) is 13.2 Å². The van der Waals surface area contributed by atoms with Crippen molar-refractivity contribution in [3.8, 4) is 0 Å². The molecule has 0 bridgehead atoms. The van der Waals surface area contributed by atoms with E-state index >= 15 is 0 Å². The number of benzene rings is 1. The monoisotopic (exact) mass is 292 g/mol. The number of morpholine rings is 1. The van der Waals surface area contributed by atoms with Crippen LogP contribution in [-0.4, -0.2) is 43.2 Å². The van der Waals surface area contributed by atoms with Crippen LogP contribution in [0.25, 0.3) is 0 Å². The van der Waals surface area contributed by atoms with Gasteiger partial charge in [0.15, 0.2) is 0 Å². The predicted octanol–water partition coefficient (Wildman–Crippen LogP) is 1.19. The first-order valence-corrected chi connectivity index (χ1v) is 5.68. The zero-order valence-corrected chi connectivity index (χ0v) is 11.0. The van der Waals surface area contributed by atoms with Gasteiger partial charge in [-0.2, -0.15) is 0 Å². The fourth-order valence-corrected chi connectivity index (χ4v) is 1.91. The summed E-state index contributed by atoms with van der Waals surface area (Å²) >= 11 is 0. The third-order valence-corrected chi connectivity index (χ3v) is 2.87. The maximum atomic E-state index is 13.5. The molecule has 106 valence electrons. The third kappa shape index (κ3) is 3.40. The second kappa shape index (κ2) is 6.79. The molecule has 2 rings (SSSR count). The van der Waals surface area contributed by atoms with Crippen LogP contribution in [0.15, 0.2) is 18.2 Å². The zero-order chi connectivity index (χ0) is 13.1. The first-order chi connectivity index (χ1) is 8.63. The van der Waals surface area contributed by atoms with E-state index in [1.165, 1.54) is 11.0 Å². The first-order valence-electron chi connectivity index (χ1n) is 5.68. The highest BCUT2D eigenvalue weighted by atomic mass is 35.5. The maximum Gasteiger partial charge on any atom is 0.259 e. The summed E-state index contributed by atoms with van der Waals surface area (Å²) in [5, 5.41) is 0. The van der Waals surface area contributed by atoms with Crippen LogP contribution in [0.5, 0.6) is 0 Å². The molecule has 0 spiro atoms. The van der Waals surface area contributed by atoms with Gasteiger partial charge in [0.05, 0.1) is 12.7 Å². The minimum absolute atomic E-state index is 0. The summed E-state index contributed by atoms with van der Waals surface area (Å²) in [5.74, 6) is -2.36. The van der Waals surface area contributed by atoms with Crippen LogP contribution in [0.3, 0.4) is 0 Å². The highest BCUT2D eigenvalue weighted by molar-refractivity contribution is 5.94. The summed E-state index contributed by atoms with van der Waals surface area (Å²) in [7, 11) is 0. The van der Waals surface area contributed by atoms with Gasteiger partial charge < -0.3 is 15.4 Å². The highest BCUT2D eigenvalue weighted by Gasteiger charge is 2.27. The molecule has 0 aliphatic carbocycles. The predicted molar refractivity (Wildman–Crippen MR) is 68.3 cm³/mol. The van der Waals surface area contributed by atoms with Gasteiger partial charge >= 0.3 is 0 Å². The number of rotatable bonds is 2. The molecule has 0 saturated carbocycles. The smallest absolute Gasteiger partial charge is 0.259 e. The molecule has 1 saturated heterocycles. The molecule has 1 unspecified atom stereocenters. The minimum Gasteiger partial charge on any atom is -0.373 e. The van der Waals surface area contributed by atoms with Crippen molar-refractivity contribution in [3.05, 3.63) is 35.4 Å². The van der Waals surface area contributed by atoms with Gasteiger partial charge in [0.25, 0.3) is 5.91 Å². The van der Waals surface area contributed by atoms with Crippen LogP contribution in [-0.2, 0) is 4.74 Å². The van der Waals surface area contributed by atoms with Gasteiger partial charge in [-0.1, -0.05) is 6.07 Å². The lowest BCUT2D eigenvalue weighted by Crippen LogP contribution is -2.48. The zero-order valence-electron chi connectivity index (χ0n) is 10.1. The fraction of sp³-hybridized carbons (Fsp3) is 0.417. The number of halogens is 3. The lowest BCUT2D eigenvalue weighted by molar-refractivity contribution is -0.0170. The van der Waals surface area contributed by atoms with Crippen molar-refractivity contribution in [2.45, 2.75) is 6.10 Å². The molecule has 1 aliphatic rings. The van der Waals surface area contributed by atoms with Crippen LogP contribution in [0, 0.1) is 11.6 Å². The molecule has 0 radical (unpaired) electrons. The second-order valence-electron chi connectivity index (χ2n) is 4.08. The van der Waals surface area contributed by atoms with E-state index in [-0.39, 0.29) is 31.6 Å². The highest BCUT2D eigenvalue weighted by Crippen LogP contribution is 2.16. The van der Waals surface area contributed by atoms with E-state index in [1.807, 2.05) is 0 Å². The Hall–Kier alpha value is -1.24. The fourth-order valence-electron chi connectivity index (χ4n) is 1.91. The van der Waals surface area contributed by atoms with Crippen LogP contribution in [0.4, 0.5) is 8.78 Å². The number of carbonyl (C=O) groups is 1. The van der Waals surface area contributed by atoms with Gasteiger partial charge in [-0.3, -0.25) is 4.79 Å². The Bertz CT molecular complexity index is 439. The van der Waals surface area contributed by atoms with E-state index in [0.717, 1.165) is 12.1 Å². The van der Waals surface area contributed by atoms with E-state index in [2.05, 4.69) is 0 Å². The lowest BCUT2D eigenvalue weighted by Gasteiger charge is -2.32. The van der Waals surface area contributed by atoms with Crippen molar-refractivity contribution in [1.29, 1.82) is 0 Å². The molecule has 1 fully saturated rings. The first kappa shape index (κ1) is 15.8. The topological polar surface area (TPSA) is 55.6 Å². The number of ether oxygens (including phenoxy) is 1. The Morgan fingerprint density at radius 2 is 2.05 bits per heavy atom. The van der Waals surface area contributed by atoms with Crippen LogP contribution < -0.4 is 5.73 Å². The SMILES string of the molecule is Cl.NCC1CN(C(=O)c2c(F)cccc2F)CCO1. The summed E-state index contributed by atoms with van der Waals surface area (Å²) in [6.45, 7) is 1.15. The number of nitrogens with two attached hydrogens (primary N) is 1. The molecule has 0 aromatic heterocycles. The number of carbonyl (C=O) groups excluding carboxylic acids is 1. The Labute approximate surface area is 115 Å². The minimum atomic E-state index is -0.851. The summed E-state index contributed by atoms with van der Waals surface area (Å²) < 4.78 is 32.3. The van der Waals surface area contributed by atoms with Crippen molar-refractivity contribution in [1.82, 2.24) is 4.90 Å². The van der Waals surface area contributed by atoms with E-state index in [1.54, 1.807) is 0 Å². The number of amides is 1. The molecule has 4 nitrogen and oxygen atoms in total. The molecule has 1 aromatic carbocycles. The Kier molecular flexibility index (Phi) is 5.65. The molecule has 19 heavy (non-hydrogen) atoms. The van der Waals surface area contributed by atoms with Crippen molar-refractivity contribution < 1.29 is 18.3 Å². The molecule has 1 aromatic rings. The van der Waals surface area contributed by atoms with Gasteiger partial charge in [-0.25, -0.2) is 8.78 Å². The van der Waals surface area contributed by atoms with Gasteiger partial charge in [-0.05, 0) is 12.1 Å². The van der Waals surface area contributed by atoms with Crippen LogP contribution >= 0.6 is 12.4 Å². The van der Waals surface area contributed by atoms with E-state index in [9.17, 15) is 13.6 Å². The number of hydrogen-bond donors (Lipinski definition) is 1. The normalized spacial score (nSPS) is 18.9. The van der Waals surface area contributed by atoms with E-state index in [4.69, 9.17) is 10.5 Å². The summed E-state index contributed by atoms with van der Waals surface area (Å²) in [4.78, 5) is 13.4. The largest absolute Gasteiger partial charge is 0.373 e. The standard InChI is InChI=1S/C12H14F2N2O2.ClH/c13-9-2-1-3-10(14)11(9)12(17)16-4-5-18-8(6-15)7-16;/h1-3,8H,4-7,15H2;1H. The Balaban J connectivity index is 0.00000180.